The van der Waals surface area contributed by atoms with Crippen molar-refractivity contribution in [3.63, 3.8) is 0 Å². The third kappa shape index (κ3) is 4.56. The number of hydrogen-bond donors (Lipinski definition) is 2. The van der Waals surface area contributed by atoms with Gasteiger partial charge in [-0.2, -0.15) is 9.40 Å². The van der Waals surface area contributed by atoms with Crippen LogP contribution in [0.1, 0.15) is 27.4 Å². The Kier molecular flexibility index (Phi) is 6.11. The molecule has 11 nitrogen and oxygen atoms in total. The van der Waals surface area contributed by atoms with Gasteiger partial charge in [-0.1, -0.05) is 0 Å². The zero-order valence-electron chi connectivity index (χ0n) is 20.2. The van der Waals surface area contributed by atoms with E-state index >= 15 is 0 Å². The summed E-state index contributed by atoms with van der Waals surface area (Å²) < 4.78 is 29.4. The molecule has 1 fully saturated rings. The Labute approximate surface area is 204 Å². The minimum atomic E-state index is -3.76. The summed E-state index contributed by atoms with van der Waals surface area (Å²) in [4.78, 5) is 21.7. The zero-order chi connectivity index (χ0) is 24.7. The molecule has 0 radical (unpaired) electrons. The Morgan fingerprint density at radius 1 is 1.06 bits per heavy atom. The molecule has 2 N–H and O–H groups in total. The molecular weight excluding hydrogens is 468 g/mol. The van der Waals surface area contributed by atoms with Crippen molar-refractivity contribution in [3.05, 3.63) is 53.1 Å². The Morgan fingerprint density at radius 2 is 1.77 bits per heavy atom. The second-order valence-corrected chi connectivity index (χ2v) is 11.0. The molecule has 0 unspecified atom stereocenters. The van der Waals surface area contributed by atoms with Crippen LogP contribution in [0.25, 0.3) is 0 Å². The van der Waals surface area contributed by atoms with E-state index in [2.05, 4.69) is 37.3 Å². The molecule has 12 heteroatoms. The lowest BCUT2D eigenvalue weighted by molar-refractivity contribution is 0.102. The molecule has 35 heavy (non-hydrogen) atoms. The number of hydrogen-bond acceptors (Lipinski definition) is 7. The minimum Gasteiger partial charge on any atom is -0.369 e. The number of nitrogens with one attached hydrogen (secondary N) is 2. The van der Waals surface area contributed by atoms with E-state index in [1.54, 1.807) is 18.5 Å². The quantitative estimate of drug-likeness (QED) is 0.543. The fourth-order valence-electron chi connectivity index (χ4n) is 4.43. The van der Waals surface area contributed by atoms with Gasteiger partial charge < -0.3 is 19.7 Å². The number of H-pyrrole nitrogens is 1. The number of aryl methyl sites for hydroxylation is 2. The number of carbonyl (C=O) groups is 1. The van der Waals surface area contributed by atoms with Crippen LogP contribution in [0.5, 0.6) is 0 Å². The van der Waals surface area contributed by atoms with Gasteiger partial charge in [0.15, 0.2) is 10.8 Å². The number of nitrogens with zero attached hydrogens (tertiary/aromatic N) is 6. The predicted octanol–water partition coefficient (Wildman–Crippen LogP) is 1.20. The fourth-order valence-corrected chi connectivity index (χ4v) is 5.86. The van der Waals surface area contributed by atoms with Crippen LogP contribution in [0.15, 0.2) is 35.5 Å². The van der Waals surface area contributed by atoms with Crippen LogP contribution >= 0.6 is 0 Å². The molecule has 1 amide bonds. The summed E-state index contributed by atoms with van der Waals surface area (Å²) >= 11 is 0. The number of rotatable bonds is 5. The molecule has 0 bridgehead atoms. The SMILES string of the molecule is Cc1nc(S(=O)(=O)N2CCc3[nH]nc(NC(=O)c4ccc(N5CCN(C)CC5)cc4)c3C2)cn1C. The first-order chi connectivity index (χ1) is 16.7. The van der Waals surface area contributed by atoms with Crippen molar-refractivity contribution in [1.29, 1.82) is 0 Å². The van der Waals surface area contributed by atoms with Gasteiger partial charge in [-0.05, 0) is 38.2 Å². The van der Waals surface area contributed by atoms with Gasteiger partial charge in [0.1, 0.15) is 5.82 Å². The number of piperazine rings is 1. The van der Waals surface area contributed by atoms with Crippen LogP contribution in [-0.4, -0.2) is 83.0 Å². The summed E-state index contributed by atoms with van der Waals surface area (Å²) in [6.07, 6.45) is 1.99. The summed E-state index contributed by atoms with van der Waals surface area (Å²) in [7, 11) is 0.117. The Balaban J connectivity index is 1.29. The number of fused-ring (bicyclic) bond motifs is 1. The molecule has 1 aromatic carbocycles. The van der Waals surface area contributed by atoms with E-state index < -0.39 is 10.0 Å². The highest BCUT2D eigenvalue weighted by Crippen LogP contribution is 2.28. The van der Waals surface area contributed by atoms with Crippen molar-refractivity contribution >= 4 is 27.4 Å². The van der Waals surface area contributed by atoms with Gasteiger partial charge in [0, 0.05) is 81.4 Å². The number of anilines is 2. The van der Waals surface area contributed by atoms with Gasteiger partial charge in [-0.25, -0.2) is 13.4 Å². The van der Waals surface area contributed by atoms with E-state index in [1.165, 1.54) is 10.5 Å². The van der Waals surface area contributed by atoms with Crippen LogP contribution in [-0.2, 0) is 30.0 Å². The number of carbonyl (C=O) groups excluding carboxylic acids is 1. The Morgan fingerprint density at radius 3 is 2.43 bits per heavy atom. The number of aromatic amines is 1. The second kappa shape index (κ2) is 9.10. The maximum absolute atomic E-state index is 13.1. The molecular formula is C23H30N8O3S. The minimum absolute atomic E-state index is 0.0236. The topological polar surface area (TPSA) is 119 Å². The number of likely N-dealkylation sites (N-methyl/N-ethyl adjacent to an activating group) is 1. The van der Waals surface area contributed by atoms with Crippen molar-refractivity contribution in [1.82, 2.24) is 29.0 Å². The largest absolute Gasteiger partial charge is 0.369 e. The highest BCUT2D eigenvalue weighted by molar-refractivity contribution is 7.89. The number of sulfonamides is 1. The molecule has 0 saturated carbocycles. The van der Waals surface area contributed by atoms with E-state index in [4.69, 9.17) is 0 Å². The van der Waals surface area contributed by atoms with E-state index in [1.807, 2.05) is 24.3 Å². The van der Waals surface area contributed by atoms with Crippen LogP contribution in [0.4, 0.5) is 11.5 Å². The third-order valence-corrected chi connectivity index (χ3v) is 8.54. The molecule has 3 aromatic rings. The van der Waals surface area contributed by atoms with Crippen molar-refractivity contribution in [2.24, 2.45) is 7.05 Å². The molecule has 0 aliphatic carbocycles. The molecule has 4 heterocycles. The van der Waals surface area contributed by atoms with Crippen LogP contribution < -0.4 is 10.2 Å². The van der Waals surface area contributed by atoms with Gasteiger partial charge in [0.25, 0.3) is 15.9 Å². The highest BCUT2D eigenvalue weighted by Gasteiger charge is 2.33. The van der Waals surface area contributed by atoms with Gasteiger partial charge in [0.05, 0.1) is 0 Å². The smallest absolute Gasteiger partial charge is 0.262 e. The lowest BCUT2D eigenvalue weighted by atomic mass is 10.1. The monoisotopic (exact) mass is 498 g/mol. The first-order valence-corrected chi connectivity index (χ1v) is 13.1. The standard InChI is InChI=1S/C23H30N8O3S/c1-16-24-21(15-29(16)3)35(33,34)31-9-8-20-19(14-31)22(27-26-20)25-23(32)17-4-6-18(7-5-17)30-12-10-28(2)11-13-30/h4-7,15H,8-14H2,1-3H3,(H2,25,26,27,32). The van der Waals surface area contributed by atoms with Gasteiger partial charge in [0.2, 0.25) is 0 Å². The maximum Gasteiger partial charge on any atom is 0.262 e. The maximum atomic E-state index is 13.1. The Bertz CT molecular complexity index is 1320. The zero-order valence-corrected chi connectivity index (χ0v) is 21.0. The average Bonchev–Trinajstić information content (AvgIpc) is 3.42. The first-order valence-electron chi connectivity index (χ1n) is 11.6. The summed E-state index contributed by atoms with van der Waals surface area (Å²) in [5, 5.41) is 10.1. The highest BCUT2D eigenvalue weighted by atomic mass is 32.2. The number of imidazole rings is 1. The van der Waals surface area contributed by atoms with Crippen LogP contribution in [0, 0.1) is 6.92 Å². The van der Waals surface area contributed by atoms with Crippen molar-refractivity contribution in [2.75, 3.05) is 50.0 Å². The normalized spacial score (nSPS) is 17.4. The van der Waals surface area contributed by atoms with Gasteiger partial charge >= 0.3 is 0 Å². The molecule has 1 saturated heterocycles. The molecule has 2 aliphatic heterocycles. The van der Waals surface area contributed by atoms with Gasteiger partial charge in [-0.15, -0.1) is 0 Å². The number of benzene rings is 1. The van der Waals surface area contributed by atoms with Crippen LogP contribution in [0.3, 0.4) is 0 Å². The molecule has 2 aromatic heterocycles. The van der Waals surface area contributed by atoms with Crippen molar-refractivity contribution in [3.8, 4) is 0 Å². The molecule has 0 atom stereocenters. The summed E-state index contributed by atoms with van der Waals surface area (Å²) in [6, 6.07) is 7.54. The van der Waals surface area contributed by atoms with Crippen molar-refractivity contribution in [2.45, 2.75) is 24.9 Å². The van der Waals surface area contributed by atoms with Crippen molar-refractivity contribution < 1.29 is 13.2 Å². The van der Waals surface area contributed by atoms with E-state index in [-0.39, 0.29) is 17.5 Å². The van der Waals surface area contributed by atoms with Gasteiger partial charge in [-0.3, -0.25) is 9.89 Å². The van der Waals surface area contributed by atoms with Crippen LogP contribution in [0.2, 0.25) is 0 Å². The second-order valence-electron chi connectivity index (χ2n) is 9.15. The van der Waals surface area contributed by atoms with E-state index in [0.29, 0.717) is 35.7 Å². The lowest BCUT2D eigenvalue weighted by Crippen LogP contribution is -2.44. The summed E-state index contributed by atoms with van der Waals surface area (Å²) in [5.74, 6) is 0.686. The lowest BCUT2D eigenvalue weighted by Gasteiger charge is -2.34. The number of aromatic nitrogens is 4. The molecule has 186 valence electrons. The van der Waals surface area contributed by atoms with E-state index in [9.17, 15) is 13.2 Å². The first kappa shape index (κ1) is 23.5. The molecule has 2 aliphatic rings. The van der Waals surface area contributed by atoms with E-state index in [0.717, 1.165) is 37.6 Å². The predicted molar refractivity (Wildman–Crippen MR) is 132 cm³/mol. The summed E-state index contributed by atoms with van der Waals surface area (Å²) in [5.41, 5.74) is 3.12. The number of amides is 1. The summed E-state index contributed by atoms with van der Waals surface area (Å²) in [6.45, 7) is 6.13. The fraction of sp³-hybridized carbons (Fsp3) is 0.435. The molecule has 0 spiro atoms. The molecule has 5 rings (SSSR count). The third-order valence-electron chi connectivity index (χ3n) is 6.82. The Hall–Kier alpha value is -3.22. The average molecular weight is 499 g/mol.